The molecule has 3 unspecified atom stereocenters. The summed E-state index contributed by atoms with van der Waals surface area (Å²) < 4.78 is 5.92. The minimum atomic E-state index is -0.788. The fraction of sp³-hybridized carbons (Fsp3) is 0.885. The van der Waals surface area contributed by atoms with Gasteiger partial charge in [-0.3, -0.25) is 9.59 Å². The Morgan fingerprint density at radius 2 is 0.862 bits per heavy atom. The quantitative estimate of drug-likeness (QED) is 0.0323. The van der Waals surface area contributed by atoms with Gasteiger partial charge in [-0.2, -0.15) is 0 Å². The summed E-state index contributed by atoms with van der Waals surface area (Å²) in [4.78, 5) is 26.1. The van der Waals surface area contributed by atoms with E-state index in [4.69, 9.17) is 4.74 Å². The number of allylic oxidation sites excluding steroid dienone is 4. The van der Waals surface area contributed by atoms with Crippen LogP contribution in [0.25, 0.3) is 0 Å². The van der Waals surface area contributed by atoms with Crippen LogP contribution in [0.15, 0.2) is 24.3 Å². The van der Waals surface area contributed by atoms with Gasteiger partial charge in [0, 0.05) is 6.42 Å². The average molecular weight is 818 g/mol. The maximum absolute atomic E-state index is 13.2. The molecule has 0 heterocycles. The van der Waals surface area contributed by atoms with Crippen LogP contribution < -0.4 is 5.32 Å². The zero-order valence-electron chi connectivity index (χ0n) is 38.9. The number of carbonyl (C=O) groups is 2. The van der Waals surface area contributed by atoms with Crippen molar-refractivity contribution >= 4 is 11.9 Å². The molecule has 0 rings (SSSR count). The van der Waals surface area contributed by atoms with Crippen molar-refractivity contribution in [3.63, 3.8) is 0 Å². The average Bonchev–Trinajstić information content (AvgIpc) is 3.22. The number of amides is 1. The maximum Gasteiger partial charge on any atom is 0.306 e. The van der Waals surface area contributed by atoms with E-state index in [1.54, 1.807) is 0 Å². The van der Waals surface area contributed by atoms with Crippen LogP contribution in [0.2, 0.25) is 0 Å². The van der Waals surface area contributed by atoms with Crippen molar-refractivity contribution in [2.24, 2.45) is 0 Å². The van der Waals surface area contributed by atoms with Crippen LogP contribution in [0.5, 0.6) is 0 Å². The molecule has 0 aliphatic rings. The molecule has 0 aromatic rings. The minimum Gasteiger partial charge on any atom is -0.462 e. The van der Waals surface area contributed by atoms with Gasteiger partial charge >= 0.3 is 5.97 Å². The highest BCUT2D eigenvalue weighted by Gasteiger charge is 2.24. The zero-order chi connectivity index (χ0) is 42.4. The van der Waals surface area contributed by atoms with Gasteiger partial charge in [0.15, 0.2) is 0 Å². The molecule has 0 aromatic heterocycles. The third-order valence-electron chi connectivity index (χ3n) is 11.8. The molecule has 0 fully saturated rings. The summed E-state index contributed by atoms with van der Waals surface area (Å²) in [5, 5.41) is 23.7. The molecule has 0 aliphatic heterocycles. The Hall–Kier alpha value is -1.66. The Balaban J connectivity index is 4.57. The molecule has 3 atom stereocenters. The predicted octanol–water partition coefficient (Wildman–Crippen LogP) is 15.1. The molecule has 6 heteroatoms. The van der Waals surface area contributed by atoms with Crippen molar-refractivity contribution < 1.29 is 24.5 Å². The summed E-state index contributed by atoms with van der Waals surface area (Å²) in [7, 11) is 0. The number of ether oxygens (including phenoxy) is 1. The molecule has 3 N–H and O–H groups in total. The fourth-order valence-corrected chi connectivity index (χ4v) is 7.89. The van der Waals surface area contributed by atoms with E-state index in [1.165, 1.54) is 154 Å². The van der Waals surface area contributed by atoms with Crippen molar-refractivity contribution in [3.05, 3.63) is 24.3 Å². The minimum absolute atomic E-state index is 0.0691. The zero-order valence-corrected chi connectivity index (χ0v) is 38.9. The maximum atomic E-state index is 13.2. The van der Waals surface area contributed by atoms with Crippen LogP contribution >= 0.6 is 0 Å². The number of esters is 1. The second-order valence-electron chi connectivity index (χ2n) is 17.6. The Bertz CT molecular complexity index is 919. The summed E-state index contributed by atoms with van der Waals surface area (Å²) >= 11 is 0. The molecule has 58 heavy (non-hydrogen) atoms. The number of hydrogen-bond acceptors (Lipinski definition) is 5. The molecule has 342 valence electrons. The van der Waals surface area contributed by atoms with Crippen LogP contribution in [-0.2, 0) is 14.3 Å². The molecular formula is C52H99NO5. The molecule has 0 spiro atoms. The number of hydrogen-bond donors (Lipinski definition) is 3. The van der Waals surface area contributed by atoms with Gasteiger partial charge in [0.05, 0.1) is 25.2 Å². The molecule has 0 aliphatic carbocycles. The number of carbonyl (C=O) groups excluding carboxylic acids is 2. The topological polar surface area (TPSA) is 95.9 Å². The summed E-state index contributed by atoms with van der Waals surface area (Å²) in [6.07, 6.45) is 52.3. The van der Waals surface area contributed by atoms with Crippen LogP contribution in [0.1, 0.15) is 271 Å². The van der Waals surface area contributed by atoms with Gasteiger partial charge in [-0.25, -0.2) is 0 Å². The molecule has 0 saturated carbocycles. The third-order valence-corrected chi connectivity index (χ3v) is 11.8. The third kappa shape index (κ3) is 41.1. The first-order valence-corrected chi connectivity index (χ1v) is 25.6. The van der Waals surface area contributed by atoms with Gasteiger partial charge < -0.3 is 20.3 Å². The van der Waals surface area contributed by atoms with Gasteiger partial charge in [0.25, 0.3) is 0 Å². The lowest BCUT2D eigenvalue weighted by Crippen LogP contribution is -2.46. The molecule has 1 amide bonds. The van der Waals surface area contributed by atoms with E-state index in [2.05, 4.69) is 50.4 Å². The monoisotopic (exact) mass is 818 g/mol. The van der Waals surface area contributed by atoms with E-state index in [0.29, 0.717) is 19.3 Å². The standard InChI is InChI=1S/C52H99NO5/c1-4-7-10-13-16-19-22-25-28-31-34-37-40-43-48(58-52(57)45-42-39-36-33-30-27-24-21-18-15-12-9-6-3)46-51(56)53-49(47-54)50(55)44-41-38-35-32-29-26-23-20-17-14-11-8-5-2/h16,19,22,25,48-50,54-55H,4-15,17-18,20-21,23-24,26-47H2,1-3H3,(H,53,56)/b19-16+,25-22+. The normalized spacial score (nSPS) is 13.4. The smallest absolute Gasteiger partial charge is 0.306 e. The second-order valence-corrected chi connectivity index (χ2v) is 17.6. The number of aliphatic hydroxyl groups excluding tert-OH is 2. The number of aliphatic hydroxyl groups is 2. The van der Waals surface area contributed by atoms with E-state index < -0.39 is 18.2 Å². The second kappa shape index (κ2) is 46.4. The van der Waals surface area contributed by atoms with Crippen molar-refractivity contribution in [2.75, 3.05) is 6.61 Å². The Morgan fingerprint density at radius 1 is 0.500 bits per heavy atom. The lowest BCUT2D eigenvalue weighted by molar-refractivity contribution is -0.151. The molecule has 0 saturated heterocycles. The van der Waals surface area contributed by atoms with Crippen LogP contribution in [0, 0.1) is 0 Å². The highest BCUT2D eigenvalue weighted by Crippen LogP contribution is 2.18. The SMILES string of the molecule is CCCCC/C=C/C=C/CCCCCCC(CC(=O)NC(CO)C(O)CCCCCCCCCCCCCCC)OC(=O)CCCCCCCCCCCCCCC. The molecular weight excluding hydrogens is 719 g/mol. The van der Waals surface area contributed by atoms with Gasteiger partial charge in [-0.15, -0.1) is 0 Å². The lowest BCUT2D eigenvalue weighted by atomic mass is 10.0. The first-order chi connectivity index (χ1) is 28.5. The fourth-order valence-electron chi connectivity index (χ4n) is 7.89. The molecule has 0 radical (unpaired) electrons. The largest absolute Gasteiger partial charge is 0.462 e. The summed E-state index contributed by atoms with van der Waals surface area (Å²) in [6, 6.07) is -0.703. The first kappa shape index (κ1) is 56.3. The van der Waals surface area contributed by atoms with Crippen molar-refractivity contribution in [3.8, 4) is 0 Å². The van der Waals surface area contributed by atoms with E-state index >= 15 is 0 Å². The number of nitrogens with one attached hydrogen (secondary N) is 1. The molecule has 6 nitrogen and oxygen atoms in total. The summed E-state index contributed by atoms with van der Waals surface area (Å²) in [5.74, 6) is -0.481. The predicted molar refractivity (Wildman–Crippen MR) is 250 cm³/mol. The molecule has 0 bridgehead atoms. The van der Waals surface area contributed by atoms with Crippen molar-refractivity contribution in [2.45, 2.75) is 289 Å². The van der Waals surface area contributed by atoms with Crippen LogP contribution in [0.3, 0.4) is 0 Å². The van der Waals surface area contributed by atoms with Gasteiger partial charge in [-0.1, -0.05) is 231 Å². The van der Waals surface area contributed by atoms with Crippen LogP contribution in [-0.4, -0.2) is 46.9 Å². The van der Waals surface area contributed by atoms with Crippen molar-refractivity contribution in [1.82, 2.24) is 5.32 Å². The highest BCUT2D eigenvalue weighted by molar-refractivity contribution is 5.77. The van der Waals surface area contributed by atoms with Gasteiger partial charge in [-0.05, 0) is 51.4 Å². The summed E-state index contributed by atoms with van der Waals surface area (Å²) in [5.41, 5.74) is 0. The number of unbranched alkanes of at least 4 members (excludes halogenated alkanes) is 31. The van der Waals surface area contributed by atoms with Gasteiger partial charge in [0.2, 0.25) is 5.91 Å². The summed E-state index contributed by atoms with van der Waals surface area (Å²) in [6.45, 7) is 6.46. The van der Waals surface area contributed by atoms with Crippen molar-refractivity contribution in [1.29, 1.82) is 0 Å². The van der Waals surface area contributed by atoms with Gasteiger partial charge in [0.1, 0.15) is 6.10 Å². The lowest BCUT2D eigenvalue weighted by Gasteiger charge is -2.24. The highest BCUT2D eigenvalue weighted by atomic mass is 16.5. The Labute approximate surface area is 361 Å². The first-order valence-electron chi connectivity index (χ1n) is 25.6. The Kier molecular flexibility index (Phi) is 45.1. The molecule has 0 aromatic carbocycles. The van der Waals surface area contributed by atoms with E-state index in [-0.39, 0.29) is 24.9 Å². The van der Waals surface area contributed by atoms with E-state index in [9.17, 15) is 19.8 Å². The van der Waals surface area contributed by atoms with E-state index in [0.717, 1.165) is 70.6 Å². The Morgan fingerprint density at radius 3 is 1.31 bits per heavy atom. The number of rotatable bonds is 46. The van der Waals surface area contributed by atoms with E-state index in [1.807, 2.05) is 0 Å². The van der Waals surface area contributed by atoms with Crippen LogP contribution in [0.4, 0.5) is 0 Å².